The zero-order valence-electron chi connectivity index (χ0n) is 15.7. The van der Waals surface area contributed by atoms with E-state index in [2.05, 4.69) is 10.4 Å². The molecular weight excluding hydrogens is 425 g/mol. The van der Waals surface area contributed by atoms with Crippen molar-refractivity contribution in [3.8, 4) is 5.75 Å². The number of carbonyl (C=O) groups is 1. The van der Waals surface area contributed by atoms with E-state index < -0.39 is 0 Å². The fourth-order valence-corrected chi connectivity index (χ4v) is 3.08. The van der Waals surface area contributed by atoms with Crippen LogP contribution >= 0.6 is 23.2 Å². The van der Waals surface area contributed by atoms with E-state index in [9.17, 15) is 4.79 Å². The van der Waals surface area contributed by atoms with Crippen LogP contribution in [-0.4, -0.2) is 15.7 Å². The lowest BCUT2D eigenvalue weighted by atomic mass is 10.2. The van der Waals surface area contributed by atoms with E-state index in [0.717, 1.165) is 5.56 Å². The van der Waals surface area contributed by atoms with Gasteiger partial charge in [0.1, 0.15) is 18.1 Å². The van der Waals surface area contributed by atoms with E-state index in [4.69, 9.17) is 32.4 Å². The van der Waals surface area contributed by atoms with Crippen LogP contribution in [0.15, 0.2) is 77.5 Å². The van der Waals surface area contributed by atoms with Gasteiger partial charge in [0.05, 0.1) is 18.4 Å². The van der Waals surface area contributed by atoms with Crippen LogP contribution in [0.25, 0.3) is 0 Å². The van der Waals surface area contributed by atoms with Gasteiger partial charge in [0.15, 0.2) is 5.76 Å². The van der Waals surface area contributed by atoms with E-state index in [-0.39, 0.29) is 18.3 Å². The molecular formula is C22H17Cl2N3O3. The topological polar surface area (TPSA) is 69.3 Å². The number of ether oxygens (including phenoxy) is 1. The fraction of sp³-hybridized carbons (Fsp3) is 0.0909. The Morgan fingerprint density at radius 2 is 1.90 bits per heavy atom. The van der Waals surface area contributed by atoms with E-state index in [1.807, 2.05) is 24.3 Å². The number of halogens is 2. The molecule has 0 aliphatic heterocycles. The lowest BCUT2D eigenvalue weighted by molar-refractivity contribution is 0.0992. The second kappa shape index (κ2) is 9.07. The van der Waals surface area contributed by atoms with Crippen LogP contribution < -0.4 is 10.1 Å². The Bertz CT molecular complexity index is 1150. The van der Waals surface area contributed by atoms with Gasteiger partial charge in [0.2, 0.25) is 0 Å². The van der Waals surface area contributed by atoms with E-state index >= 15 is 0 Å². The third-order valence-electron chi connectivity index (χ3n) is 4.21. The number of benzene rings is 2. The molecule has 2 heterocycles. The van der Waals surface area contributed by atoms with Crippen LogP contribution in [0.3, 0.4) is 0 Å². The molecule has 4 aromatic rings. The molecule has 0 fully saturated rings. The predicted molar refractivity (Wildman–Crippen MR) is 115 cm³/mol. The molecule has 0 radical (unpaired) electrons. The third-order valence-corrected chi connectivity index (χ3v) is 4.70. The summed E-state index contributed by atoms with van der Waals surface area (Å²) in [7, 11) is 0. The zero-order chi connectivity index (χ0) is 20.9. The molecule has 0 atom stereocenters. The Kier molecular flexibility index (Phi) is 6.07. The van der Waals surface area contributed by atoms with Gasteiger partial charge in [-0.15, -0.1) is 0 Å². The molecule has 1 amide bonds. The van der Waals surface area contributed by atoms with Gasteiger partial charge in [0.25, 0.3) is 5.91 Å². The number of hydrogen-bond donors (Lipinski definition) is 1. The van der Waals surface area contributed by atoms with Gasteiger partial charge in [-0.1, -0.05) is 41.4 Å². The summed E-state index contributed by atoms with van der Waals surface area (Å²) in [6, 6.07) is 17.9. The van der Waals surface area contributed by atoms with Gasteiger partial charge in [-0.3, -0.25) is 9.48 Å². The van der Waals surface area contributed by atoms with Gasteiger partial charge in [-0.2, -0.15) is 5.10 Å². The Labute approximate surface area is 183 Å². The van der Waals surface area contributed by atoms with Crippen LogP contribution in [-0.2, 0) is 13.2 Å². The van der Waals surface area contributed by atoms with Gasteiger partial charge < -0.3 is 14.5 Å². The average molecular weight is 442 g/mol. The predicted octanol–water partition coefficient (Wildman–Crippen LogP) is 5.66. The maximum atomic E-state index is 12.4. The Morgan fingerprint density at radius 1 is 1.07 bits per heavy atom. The van der Waals surface area contributed by atoms with Gasteiger partial charge >= 0.3 is 0 Å². The molecule has 30 heavy (non-hydrogen) atoms. The summed E-state index contributed by atoms with van der Waals surface area (Å²) in [5.41, 5.74) is 1.62. The van der Waals surface area contributed by atoms with Crippen molar-refractivity contribution in [1.29, 1.82) is 0 Å². The lowest BCUT2D eigenvalue weighted by Crippen LogP contribution is -2.10. The van der Waals surface area contributed by atoms with Gasteiger partial charge in [-0.05, 0) is 48.0 Å². The highest BCUT2D eigenvalue weighted by atomic mass is 35.5. The second-order valence-electron chi connectivity index (χ2n) is 6.52. The number of amides is 1. The summed E-state index contributed by atoms with van der Waals surface area (Å²) < 4.78 is 12.9. The molecule has 0 bridgehead atoms. The number of hydrogen-bond acceptors (Lipinski definition) is 4. The standard InChI is InChI=1S/C22H17Cl2N3O3/c23-16-6-4-15(5-7-16)12-27-13-18(11-25-27)26-22(28)21-9-8-20(30-21)14-29-19-3-1-2-17(24)10-19/h1-11,13H,12,14H2,(H,26,28). The molecule has 2 aromatic heterocycles. The summed E-state index contributed by atoms with van der Waals surface area (Å²) in [4.78, 5) is 12.4. The summed E-state index contributed by atoms with van der Waals surface area (Å²) in [6.45, 7) is 0.755. The molecule has 0 aliphatic rings. The minimum absolute atomic E-state index is 0.185. The second-order valence-corrected chi connectivity index (χ2v) is 7.39. The Hall–Kier alpha value is -3.22. The summed E-state index contributed by atoms with van der Waals surface area (Å²) in [6.07, 6.45) is 3.33. The van der Waals surface area contributed by atoms with Crippen LogP contribution in [0.5, 0.6) is 5.75 Å². The molecule has 1 N–H and O–H groups in total. The van der Waals surface area contributed by atoms with Crippen molar-refractivity contribution in [2.24, 2.45) is 0 Å². The lowest BCUT2D eigenvalue weighted by Gasteiger charge is -2.04. The van der Waals surface area contributed by atoms with Crippen molar-refractivity contribution in [1.82, 2.24) is 9.78 Å². The number of furan rings is 1. The van der Waals surface area contributed by atoms with E-state index in [1.54, 1.807) is 53.5 Å². The first-order valence-electron chi connectivity index (χ1n) is 9.10. The first kappa shape index (κ1) is 20.1. The van der Waals surface area contributed by atoms with Crippen molar-refractivity contribution < 1.29 is 13.9 Å². The number of rotatable bonds is 7. The molecule has 2 aromatic carbocycles. The van der Waals surface area contributed by atoms with Crippen molar-refractivity contribution in [2.75, 3.05) is 5.32 Å². The number of nitrogens with zero attached hydrogens (tertiary/aromatic N) is 2. The summed E-state index contributed by atoms with van der Waals surface area (Å²) in [5, 5.41) is 8.31. The van der Waals surface area contributed by atoms with Crippen molar-refractivity contribution in [3.05, 3.63) is 100 Å². The first-order valence-corrected chi connectivity index (χ1v) is 9.86. The van der Waals surface area contributed by atoms with E-state index in [1.165, 1.54) is 0 Å². The maximum absolute atomic E-state index is 12.4. The van der Waals surface area contributed by atoms with Gasteiger partial charge in [-0.25, -0.2) is 0 Å². The SMILES string of the molecule is O=C(Nc1cnn(Cc2ccc(Cl)cc2)c1)c1ccc(COc2cccc(Cl)c2)o1. The van der Waals surface area contributed by atoms with Crippen LogP contribution in [0.4, 0.5) is 5.69 Å². The number of anilines is 1. The largest absolute Gasteiger partial charge is 0.486 e. The third kappa shape index (κ3) is 5.23. The molecule has 152 valence electrons. The van der Waals surface area contributed by atoms with Crippen molar-refractivity contribution in [3.63, 3.8) is 0 Å². The highest BCUT2D eigenvalue weighted by Gasteiger charge is 2.13. The fourth-order valence-electron chi connectivity index (χ4n) is 2.77. The summed E-state index contributed by atoms with van der Waals surface area (Å²) in [5.74, 6) is 0.969. The van der Waals surface area contributed by atoms with Crippen molar-refractivity contribution >= 4 is 34.8 Å². The zero-order valence-corrected chi connectivity index (χ0v) is 17.2. The molecule has 0 saturated carbocycles. The first-order chi connectivity index (χ1) is 14.5. The minimum Gasteiger partial charge on any atom is -0.486 e. The van der Waals surface area contributed by atoms with Crippen LogP contribution in [0.1, 0.15) is 21.9 Å². The maximum Gasteiger partial charge on any atom is 0.291 e. The number of nitrogens with one attached hydrogen (secondary N) is 1. The Morgan fingerprint density at radius 3 is 2.70 bits per heavy atom. The van der Waals surface area contributed by atoms with Crippen LogP contribution in [0.2, 0.25) is 10.0 Å². The monoisotopic (exact) mass is 441 g/mol. The molecule has 0 saturated heterocycles. The molecule has 0 spiro atoms. The van der Waals surface area contributed by atoms with Crippen LogP contribution in [0, 0.1) is 0 Å². The molecule has 0 unspecified atom stereocenters. The molecule has 6 nitrogen and oxygen atoms in total. The smallest absolute Gasteiger partial charge is 0.291 e. The van der Waals surface area contributed by atoms with Crippen molar-refractivity contribution in [2.45, 2.75) is 13.2 Å². The number of carbonyl (C=O) groups excluding carboxylic acids is 1. The normalized spacial score (nSPS) is 10.7. The Balaban J connectivity index is 1.33. The quantitative estimate of drug-likeness (QED) is 0.401. The van der Waals surface area contributed by atoms with E-state index in [0.29, 0.717) is 33.8 Å². The average Bonchev–Trinajstić information content (AvgIpc) is 3.38. The molecule has 0 aliphatic carbocycles. The summed E-state index contributed by atoms with van der Waals surface area (Å²) >= 11 is 11.8. The highest BCUT2D eigenvalue weighted by Crippen LogP contribution is 2.19. The molecule has 8 heteroatoms. The number of aromatic nitrogens is 2. The minimum atomic E-state index is -0.366. The highest BCUT2D eigenvalue weighted by molar-refractivity contribution is 6.30. The van der Waals surface area contributed by atoms with Gasteiger partial charge in [0, 0.05) is 16.2 Å². The molecule has 4 rings (SSSR count).